The van der Waals surface area contributed by atoms with Gasteiger partial charge in [-0.3, -0.25) is 9.59 Å². The lowest BCUT2D eigenvalue weighted by Crippen LogP contribution is -2.48. The summed E-state index contributed by atoms with van der Waals surface area (Å²) in [5, 5.41) is 14.8. The summed E-state index contributed by atoms with van der Waals surface area (Å²) in [6.07, 6.45) is 0.997. The Morgan fingerprint density at radius 3 is 2.89 bits per heavy atom. The summed E-state index contributed by atoms with van der Waals surface area (Å²) in [6.45, 7) is 3.58. The van der Waals surface area contributed by atoms with Crippen LogP contribution in [0.1, 0.15) is 36.2 Å². The van der Waals surface area contributed by atoms with Crippen LogP contribution >= 0.6 is 0 Å². The van der Waals surface area contributed by atoms with Crippen LogP contribution in [0.3, 0.4) is 0 Å². The van der Waals surface area contributed by atoms with E-state index in [2.05, 4.69) is 10.6 Å². The van der Waals surface area contributed by atoms with E-state index in [1.54, 1.807) is 25.1 Å². The lowest BCUT2D eigenvalue weighted by atomic mass is 9.99. The molecule has 1 aliphatic rings. The Kier molecular flexibility index (Phi) is 3.57. The average molecular weight is 262 g/mol. The molecule has 102 valence electrons. The molecule has 5 nitrogen and oxygen atoms in total. The topological polar surface area (TPSA) is 78.4 Å². The lowest BCUT2D eigenvalue weighted by Gasteiger charge is -2.27. The largest absolute Gasteiger partial charge is 0.394 e. The summed E-state index contributed by atoms with van der Waals surface area (Å²) in [7, 11) is 0. The fourth-order valence-corrected chi connectivity index (χ4v) is 1.94. The molecule has 1 heterocycles. The predicted octanol–water partition coefficient (Wildman–Crippen LogP) is 1.07. The van der Waals surface area contributed by atoms with Crippen molar-refractivity contribution in [2.45, 2.75) is 32.2 Å². The summed E-state index contributed by atoms with van der Waals surface area (Å²) >= 11 is 0. The van der Waals surface area contributed by atoms with Gasteiger partial charge in [0.1, 0.15) is 0 Å². The Balaban J connectivity index is 2.17. The van der Waals surface area contributed by atoms with Crippen LogP contribution in [-0.2, 0) is 11.2 Å². The van der Waals surface area contributed by atoms with Gasteiger partial charge in [-0.05, 0) is 31.0 Å². The summed E-state index contributed by atoms with van der Waals surface area (Å²) in [5.41, 5.74) is 1.45. The second-order valence-corrected chi connectivity index (χ2v) is 5.12. The molecular weight excluding hydrogens is 244 g/mol. The van der Waals surface area contributed by atoms with Gasteiger partial charge in [-0.2, -0.15) is 0 Å². The maximum atomic E-state index is 12.1. The minimum absolute atomic E-state index is 0.0543. The minimum Gasteiger partial charge on any atom is -0.394 e. The molecule has 0 bridgehead atoms. The monoisotopic (exact) mass is 262 g/mol. The van der Waals surface area contributed by atoms with Crippen LogP contribution in [0.25, 0.3) is 0 Å². The van der Waals surface area contributed by atoms with E-state index in [1.165, 1.54) is 0 Å². The molecule has 0 saturated carbocycles. The molecule has 0 aliphatic carbocycles. The van der Waals surface area contributed by atoms with Crippen LogP contribution in [0.2, 0.25) is 0 Å². The number of carbonyl (C=O) groups excluding carboxylic acids is 2. The van der Waals surface area contributed by atoms with E-state index < -0.39 is 5.54 Å². The number of nitrogens with one attached hydrogen (secondary N) is 2. The van der Waals surface area contributed by atoms with Gasteiger partial charge < -0.3 is 15.7 Å². The number of anilines is 1. The zero-order valence-electron chi connectivity index (χ0n) is 11.1. The Hall–Kier alpha value is -1.88. The maximum absolute atomic E-state index is 12.1. The van der Waals surface area contributed by atoms with Gasteiger partial charge in [0.05, 0.1) is 18.6 Å². The molecule has 2 rings (SSSR count). The van der Waals surface area contributed by atoms with Crippen LogP contribution in [0.4, 0.5) is 5.69 Å². The number of aliphatic hydroxyl groups excluding tert-OH is 1. The first-order chi connectivity index (χ1) is 8.97. The van der Waals surface area contributed by atoms with Crippen LogP contribution in [0.15, 0.2) is 18.2 Å². The van der Waals surface area contributed by atoms with Crippen molar-refractivity contribution in [2.75, 3.05) is 11.9 Å². The molecule has 2 amide bonds. The molecule has 3 N–H and O–H groups in total. The van der Waals surface area contributed by atoms with E-state index in [0.717, 1.165) is 5.56 Å². The molecule has 0 fully saturated rings. The van der Waals surface area contributed by atoms with Gasteiger partial charge in [0.15, 0.2) is 0 Å². The molecule has 1 aliphatic heterocycles. The highest BCUT2D eigenvalue weighted by atomic mass is 16.3. The van der Waals surface area contributed by atoms with Crippen LogP contribution in [0.5, 0.6) is 0 Å². The highest BCUT2D eigenvalue weighted by Gasteiger charge is 2.25. The van der Waals surface area contributed by atoms with Gasteiger partial charge in [-0.15, -0.1) is 0 Å². The van der Waals surface area contributed by atoms with Crippen LogP contribution < -0.4 is 10.6 Å². The SMILES string of the molecule is CCC(C)(CO)NC(=O)c1ccc2c(c1)NC(=O)C2. The molecule has 0 aromatic heterocycles. The molecule has 1 atom stereocenters. The average Bonchev–Trinajstić information content (AvgIpc) is 2.77. The van der Waals surface area contributed by atoms with E-state index in [-0.39, 0.29) is 18.4 Å². The van der Waals surface area contributed by atoms with E-state index in [9.17, 15) is 14.7 Å². The number of rotatable bonds is 4. The fourth-order valence-electron chi connectivity index (χ4n) is 1.94. The van der Waals surface area contributed by atoms with Gasteiger partial charge in [-0.25, -0.2) is 0 Å². The van der Waals surface area contributed by atoms with Crippen LogP contribution in [-0.4, -0.2) is 29.1 Å². The quantitative estimate of drug-likeness (QED) is 0.759. The molecule has 1 unspecified atom stereocenters. The summed E-state index contributed by atoms with van der Waals surface area (Å²) in [5.74, 6) is -0.302. The van der Waals surface area contributed by atoms with Crippen molar-refractivity contribution in [3.05, 3.63) is 29.3 Å². The standard InChI is InChI=1S/C14H18N2O3/c1-3-14(2,8-17)16-13(19)10-5-4-9-7-12(18)15-11(9)6-10/h4-6,17H,3,7-8H2,1-2H3,(H,15,18)(H,16,19). The minimum atomic E-state index is -0.626. The molecule has 0 saturated heterocycles. The zero-order valence-corrected chi connectivity index (χ0v) is 11.1. The first-order valence-corrected chi connectivity index (χ1v) is 6.33. The van der Waals surface area contributed by atoms with Crippen molar-refractivity contribution in [1.82, 2.24) is 5.32 Å². The molecule has 0 radical (unpaired) electrons. The van der Waals surface area contributed by atoms with E-state index in [0.29, 0.717) is 24.1 Å². The van der Waals surface area contributed by atoms with Crippen molar-refractivity contribution in [1.29, 1.82) is 0 Å². The third-order valence-corrected chi connectivity index (χ3v) is 3.54. The summed E-state index contributed by atoms with van der Waals surface area (Å²) in [6, 6.07) is 5.15. The molecule has 1 aromatic rings. The Bertz CT molecular complexity index is 521. The van der Waals surface area contributed by atoms with Gasteiger partial charge in [0.25, 0.3) is 5.91 Å². The second-order valence-electron chi connectivity index (χ2n) is 5.12. The van der Waals surface area contributed by atoms with Gasteiger partial charge in [0.2, 0.25) is 5.91 Å². The zero-order chi connectivity index (χ0) is 14.0. The summed E-state index contributed by atoms with van der Waals surface area (Å²) < 4.78 is 0. The number of hydrogen-bond acceptors (Lipinski definition) is 3. The Morgan fingerprint density at radius 1 is 1.53 bits per heavy atom. The Morgan fingerprint density at radius 2 is 2.26 bits per heavy atom. The molecule has 5 heteroatoms. The van der Waals surface area contributed by atoms with Crippen molar-refractivity contribution in [3.63, 3.8) is 0 Å². The van der Waals surface area contributed by atoms with Crippen molar-refractivity contribution in [2.24, 2.45) is 0 Å². The normalized spacial score (nSPS) is 16.5. The second kappa shape index (κ2) is 5.01. The van der Waals surface area contributed by atoms with Crippen LogP contribution in [0, 0.1) is 0 Å². The number of aliphatic hydroxyl groups is 1. The number of fused-ring (bicyclic) bond motifs is 1. The number of carbonyl (C=O) groups is 2. The highest BCUT2D eigenvalue weighted by Crippen LogP contribution is 2.24. The third-order valence-electron chi connectivity index (χ3n) is 3.54. The van der Waals surface area contributed by atoms with E-state index in [4.69, 9.17) is 0 Å². The number of amides is 2. The first-order valence-electron chi connectivity index (χ1n) is 6.33. The third kappa shape index (κ3) is 2.76. The summed E-state index contributed by atoms with van der Waals surface area (Å²) in [4.78, 5) is 23.4. The van der Waals surface area contributed by atoms with Crippen molar-refractivity contribution >= 4 is 17.5 Å². The molecule has 0 spiro atoms. The molecular formula is C14H18N2O3. The highest BCUT2D eigenvalue weighted by molar-refractivity contribution is 6.02. The Labute approximate surface area is 112 Å². The van der Waals surface area contributed by atoms with Gasteiger partial charge >= 0.3 is 0 Å². The molecule has 19 heavy (non-hydrogen) atoms. The van der Waals surface area contributed by atoms with Crippen molar-refractivity contribution < 1.29 is 14.7 Å². The molecule has 1 aromatic carbocycles. The lowest BCUT2D eigenvalue weighted by molar-refractivity contribution is -0.115. The van der Waals surface area contributed by atoms with Gasteiger partial charge in [0, 0.05) is 11.3 Å². The smallest absolute Gasteiger partial charge is 0.251 e. The van der Waals surface area contributed by atoms with E-state index in [1.807, 2.05) is 6.92 Å². The number of hydrogen-bond donors (Lipinski definition) is 3. The number of benzene rings is 1. The van der Waals surface area contributed by atoms with Gasteiger partial charge in [-0.1, -0.05) is 13.0 Å². The maximum Gasteiger partial charge on any atom is 0.251 e. The van der Waals surface area contributed by atoms with E-state index >= 15 is 0 Å². The first kappa shape index (κ1) is 13.5. The van der Waals surface area contributed by atoms with Crippen molar-refractivity contribution in [3.8, 4) is 0 Å². The fraction of sp³-hybridized carbons (Fsp3) is 0.429. The predicted molar refractivity (Wildman–Crippen MR) is 72.0 cm³/mol.